The van der Waals surface area contributed by atoms with Crippen LogP contribution in [0.3, 0.4) is 0 Å². The molecule has 1 aromatic rings. The van der Waals surface area contributed by atoms with Crippen LogP contribution in [0, 0.1) is 5.41 Å². The van der Waals surface area contributed by atoms with Gasteiger partial charge in [-0.05, 0) is 38.0 Å². The second kappa shape index (κ2) is 4.20. The summed E-state index contributed by atoms with van der Waals surface area (Å²) in [4.78, 5) is 8.33. The van der Waals surface area contributed by atoms with Gasteiger partial charge in [0.2, 0.25) is 0 Å². The van der Waals surface area contributed by atoms with Crippen molar-refractivity contribution >= 4 is 16.5 Å². The van der Waals surface area contributed by atoms with Gasteiger partial charge in [-0.3, -0.25) is 0 Å². The zero-order valence-electron chi connectivity index (χ0n) is 11.4. The number of nitrogens with zero attached hydrogens (tertiary/aromatic N) is 2. The molecule has 0 spiro atoms. The molecule has 0 radical (unpaired) electrons. The molecule has 0 aromatic carbocycles. The summed E-state index contributed by atoms with van der Waals surface area (Å²) in [5.41, 5.74) is 1.31. The van der Waals surface area contributed by atoms with E-state index in [1.165, 1.54) is 12.8 Å². The highest BCUT2D eigenvalue weighted by molar-refractivity contribution is 7.15. The molecule has 1 fully saturated rings. The summed E-state index contributed by atoms with van der Waals surface area (Å²) in [6.07, 6.45) is 4.14. The van der Waals surface area contributed by atoms with E-state index in [1.807, 2.05) is 0 Å². The van der Waals surface area contributed by atoms with Crippen molar-refractivity contribution in [3.05, 3.63) is 10.6 Å². The molecular weight excluding hydrogens is 244 g/mol. The van der Waals surface area contributed by atoms with Crippen molar-refractivity contribution < 1.29 is 5.11 Å². The first-order chi connectivity index (χ1) is 8.50. The average Bonchev–Trinajstić information content (AvgIpc) is 2.99. The second-order valence-corrected chi connectivity index (χ2v) is 7.39. The van der Waals surface area contributed by atoms with E-state index in [9.17, 15) is 5.11 Å². The van der Waals surface area contributed by atoms with Crippen molar-refractivity contribution in [3.63, 3.8) is 0 Å². The van der Waals surface area contributed by atoms with Crippen LogP contribution in [-0.2, 0) is 6.42 Å². The molecule has 2 aliphatic carbocycles. The smallest absolute Gasteiger partial charge is 0.186 e. The number of thiazole rings is 1. The van der Waals surface area contributed by atoms with Gasteiger partial charge in [-0.25, -0.2) is 4.98 Å². The molecule has 0 amide bonds. The molecule has 3 rings (SSSR count). The lowest BCUT2D eigenvalue weighted by molar-refractivity contribution is 0.102. The van der Waals surface area contributed by atoms with Gasteiger partial charge in [0.1, 0.15) is 0 Å². The number of hydrogen-bond acceptors (Lipinski definition) is 4. The lowest BCUT2D eigenvalue weighted by Crippen LogP contribution is -2.25. The monoisotopic (exact) mass is 266 g/mol. The Morgan fingerprint density at radius 2 is 2.17 bits per heavy atom. The molecule has 0 bridgehead atoms. The van der Waals surface area contributed by atoms with E-state index in [0.29, 0.717) is 6.04 Å². The van der Waals surface area contributed by atoms with Crippen molar-refractivity contribution in [3.8, 4) is 0 Å². The standard InChI is InChI=1S/C14H22N2OS/c1-4-16(9-5-6-9)13-15-10-7-14(2,3)8-11(17)12(10)18-13/h9,11,17H,4-8H2,1-3H3. The highest BCUT2D eigenvalue weighted by Gasteiger charge is 2.36. The summed E-state index contributed by atoms with van der Waals surface area (Å²) in [6, 6.07) is 0.702. The van der Waals surface area contributed by atoms with Crippen LogP contribution in [-0.4, -0.2) is 22.7 Å². The number of aliphatic hydroxyl groups is 1. The van der Waals surface area contributed by atoms with Crippen LogP contribution in [0.4, 0.5) is 5.13 Å². The molecule has 0 saturated heterocycles. The van der Waals surface area contributed by atoms with Crippen LogP contribution in [0.1, 0.15) is 56.7 Å². The molecule has 2 aliphatic rings. The third-order valence-corrected chi connectivity index (χ3v) is 5.22. The molecule has 0 aliphatic heterocycles. The number of fused-ring (bicyclic) bond motifs is 1. The van der Waals surface area contributed by atoms with Crippen molar-refractivity contribution in [1.29, 1.82) is 0 Å². The summed E-state index contributed by atoms with van der Waals surface area (Å²) in [5.74, 6) is 0. The van der Waals surface area contributed by atoms with Gasteiger partial charge in [0, 0.05) is 12.6 Å². The number of anilines is 1. The van der Waals surface area contributed by atoms with Crippen molar-refractivity contribution in [1.82, 2.24) is 4.98 Å². The summed E-state index contributed by atoms with van der Waals surface area (Å²) in [7, 11) is 0. The fourth-order valence-corrected chi connectivity index (χ4v) is 4.14. The first-order valence-corrected chi connectivity index (χ1v) is 7.76. The highest BCUT2D eigenvalue weighted by atomic mass is 32.1. The minimum absolute atomic E-state index is 0.175. The summed E-state index contributed by atoms with van der Waals surface area (Å²) >= 11 is 1.71. The minimum atomic E-state index is -0.312. The Morgan fingerprint density at radius 1 is 1.44 bits per heavy atom. The van der Waals surface area contributed by atoms with E-state index in [1.54, 1.807) is 11.3 Å². The molecule has 1 unspecified atom stereocenters. The van der Waals surface area contributed by atoms with Gasteiger partial charge in [-0.1, -0.05) is 25.2 Å². The van der Waals surface area contributed by atoms with E-state index in [0.717, 1.165) is 35.1 Å². The maximum absolute atomic E-state index is 10.3. The maximum atomic E-state index is 10.3. The maximum Gasteiger partial charge on any atom is 0.186 e. The van der Waals surface area contributed by atoms with E-state index >= 15 is 0 Å². The van der Waals surface area contributed by atoms with Crippen molar-refractivity contribution in [2.45, 2.75) is 58.6 Å². The lowest BCUT2D eigenvalue weighted by atomic mass is 9.77. The van der Waals surface area contributed by atoms with Crippen molar-refractivity contribution in [2.24, 2.45) is 5.41 Å². The Hall–Kier alpha value is -0.610. The molecule has 1 N–H and O–H groups in total. The van der Waals surface area contributed by atoms with Gasteiger partial charge in [-0.2, -0.15) is 0 Å². The van der Waals surface area contributed by atoms with Gasteiger partial charge in [0.05, 0.1) is 16.7 Å². The Morgan fingerprint density at radius 3 is 2.78 bits per heavy atom. The van der Waals surface area contributed by atoms with Gasteiger partial charge < -0.3 is 10.0 Å². The molecule has 1 atom stereocenters. The zero-order valence-corrected chi connectivity index (χ0v) is 12.3. The van der Waals surface area contributed by atoms with Gasteiger partial charge in [0.15, 0.2) is 5.13 Å². The molecule has 1 aromatic heterocycles. The van der Waals surface area contributed by atoms with Crippen LogP contribution in [0.5, 0.6) is 0 Å². The van der Waals surface area contributed by atoms with Gasteiger partial charge in [0.25, 0.3) is 0 Å². The number of aromatic nitrogens is 1. The van der Waals surface area contributed by atoms with Crippen LogP contribution >= 0.6 is 11.3 Å². The van der Waals surface area contributed by atoms with Crippen LogP contribution in [0.15, 0.2) is 0 Å². The normalized spacial score (nSPS) is 25.9. The third-order valence-electron chi connectivity index (χ3n) is 3.98. The summed E-state index contributed by atoms with van der Waals surface area (Å²) in [5, 5.41) is 11.4. The van der Waals surface area contributed by atoms with E-state index in [2.05, 4.69) is 25.7 Å². The zero-order chi connectivity index (χ0) is 12.9. The van der Waals surface area contributed by atoms with Crippen LogP contribution in [0.25, 0.3) is 0 Å². The molecule has 4 heteroatoms. The molecule has 3 nitrogen and oxygen atoms in total. The molecular formula is C14H22N2OS. The summed E-state index contributed by atoms with van der Waals surface area (Å²) < 4.78 is 0. The second-order valence-electron chi connectivity index (χ2n) is 6.39. The SMILES string of the molecule is CCN(c1nc2c(s1)C(O)CC(C)(C)C2)C1CC1. The third kappa shape index (κ3) is 2.16. The fourth-order valence-electron chi connectivity index (χ4n) is 2.94. The summed E-state index contributed by atoms with van der Waals surface area (Å²) in [6.45, 7) is 7.66. The fraction of sp³-hybridized carbons (Fsp3) is 0.786. The Kier molecular flexibility index (Phi) is 2.90. The first kappa shape index (κ1) is 12.4. The molecule has 18 heavy (non-hydrogen) atoms. The highest BCUT2D eigenvalue weighted by Crippen LogP contribution is 2.45. The predicted molar refractivity (Wildman–Crippen MR) is 75.2 cm³/mol. The molecule has 100 valence electrons. The Balaban J connectivity index is 1.91. The van der Waals surface area contributed by atoms with Crippen LogP contribution < -0.4 is 4.90 Å². The number of rotatable bonds is 3. The van der Waals surface area contributed by atoms with Crippen LogP contribution in [0.2, 0.25) is 0 Å². The number of hydrogen-bond donors (Lipinski definition) is 1. The topological polar surface area (TPSA) is 36.4 Å². The van der Waals surface area contributed by atoms with Crippen molar-refractivity contribution in [2.75, 3.05) is 11.4 Å². The van der Waals surface area contributed by atoms with E-state index in [4.69, 9.17) is 4.98 Å². The molecule has 1 heterocycles. The number of aliphatic hydroxyl groups excluding tert-OH is 1. The van der Waals surface area contributed by atoms with E-state index < -0.39 is 0 Å². The Labute approximate surface area is 113 Å². The quantitative estimate of drug-likeness (QED) is 0.913. The van der Waals surface area contributed by atoms with E-state index in [-0.39, 0.29) is 11.5 Å². The average molecular weight is 266 g/mol. The predicted octanol–water partition coefficient (Wildman–Crippen LogP) is 3.14. The lowest BCUT2D eigenvalue weighted by Gasteiger charge is -2.31. The Bertz CT molecular complexity index is 451. The molecule has 1 saturated carbocycles. The minimum Gasteiger partial charge on any atom is -0.387 e. The van der Waals surface area contributed by atoms with Gasteiger partial charge >= 0.3 is 0 Å². The first-order valence-electron chi connectivity index (χ1n) is 6.94. The largest absolute Gasteiger partial charge is 0.387 e. The van der Waals surface area contributed by atoms with Gasteiger partial charge in [-0.15, -0.1) is 0 Å².